The predicted octanol–water partition coefficient (Wildman–Crippen LogP) is -3.63. The smallest absolute Gasteiger partial charge is 0.215 e. The van der Waals surface area contributed by atoms with E-state index in [-0.39, 0.29) is 32.2 Å². The van der Waals surface area contributed by atoms with Gasteiger partial charge in [-0.1, -0.05) is 0 Å². The van der Waals surface area contributed by atoms with Crippen LogP contribution in [0.3, 0.4) is 0 Å². The summed E-state index contributed by atoms with van der Waals surface area (Å²) in [6, 6.07) is -1.79. The van der Waals surface area contributed by atoms with Gasteiger partial charge in [0, 0.05) is 19.0 Å². The highest BCUT2D eigenvalue weighted by Crippen LogP contribution is 2.35. The predicted molar refractivity (Wildman–Crippen MR) is 140 cm³/mol. The number of hydrogen-bond donors (Lipinski definition) is 9. The Morgan fingerprint density at radius 1 is 1.23 bits per heavy atom. The third kappa shape index (κ3) is 7.93. The number of aliphatic hydroxyl groups excluding tert-OH is 3. The van der Waals surface area contributed by atoms with Gasteiger partial charge in [0.05, 0.1) is 37.4 Å². The van der Waals surface area contributed by atoms with Crippen molar-refractivity contribution in [3.8, 4) is 0 Å². The summed E-state index contributed by atoms with van der Waals surface area (Å²) in [5.74, 6) is 0.0562. The van der Waals surface area contributed by atoms with Gasteiger partial charge in [-0.2, -0.15) is 0 Å². The number of ether oxygens (including phenoxy) is 4. The molecule has 1 saturated carbocycles. The largest absolute Gasteiger partial charge is 0.467 e. The maximum absolute atomic E-state index is 11.4. The number of carbonyl (C=O) groups excluding carboxylic acids is 1. The van der Waals surface area contributed by atoms with Crippen molar-refractivity contribution < 1.29 is 44.2 Å². The number of likely N-dealkylation sites (N-methyl/N-ethyl adjacent to an activating group) is 1. The highest BCUT2D eigenvalue weighted by molar-refractivity contribution is 5.50. The van der Waals surface area contributed by atoms with Gasteiger partial charge in [-0.05, 0) is 51.8 Å². The maximum Gasteiger partial charge on any atom is 0.215 e. The first-order valence-corrected chi connectivity index (χ1v) is 13.6. The van der Waals surface area contributed by atoms with E-state index in [1.165, 1.54) is 6.92 Å². The SMILES string of the molecule is CN[C@@H]1[C@@H](O)[C@@H](O[C@H]2[C@H](CC=O)C[C@H](N)C(O[C@H]3OC(CN)=CC[C@H]3NCC(O)CCN)[C@@H]2O)OC[C@]1(C)O. The minimum Gasteiger partial charge on any atom is -0.467 e. The fraction of sp³-hybridized carbons (Fsp3) is 0.880. The molecule has 226 valence electrons. The van der Waals surface area contributed by atoms with E-state index < -0.39 is 66.7 Å². The van der Waals surface area contributed by atoms with E-state index in [2.05, 4.69) is 10.6 Å². The van der Waals surface area contributed by atoms with E-state index in [1.807, 2.05) is 6.08 Å². The fourth-order valence-corrected chi connectivity index (χ4v) is 5.60. The van der Waals surface area contributed by atoms with E-state index in [4.69, 9.17) is 36.1 Å². The lowest BCUT2D eigenvalue weighted by molar-refractivity contribution is -0.308. The van der Waals surface area contributed by atoms with Crippen molar-refractivity contribution in [2.75, 3.05) is 33.3 Å². The van der Waals surface area contributed by atoms with Crippen molar-refractivity contribution >= 4 is 6.29 Å². The minimum absolute atomic E-state index is 0.0708. The molecule has 14 heteroatoms. The molecule has 39 heavy (non-hydrogen) atoms. The average molecular weight is 562 g/mol. The van der Waals surface area contributed by atoms with E-state index >= 15 is 0 Å². The Bertz CT molecular complexity index is 806. The first kappa shape index (κ1) is 32.2. The molecule has 2 fully saturated rings. The molecule has 0 aromatic rings. The second-order valence-corrected chi connectivity index (χ2v) is 10.9. The summed E-state index contributed by atoms with van der Waals surface area (Å²) in [4.78, 5) is 11.4. The summed E-state index contributed by atoms with van der Waals surface area (Å²) in [6.07, 6.45) is -3.32. The number of rotatable bonds is 13. The lowest BCUT2D eigenvalue weighted by atomic mass is 9.78. The highest BCUT2D eigenvalue weighted by Gasteiger charge is 2.51. The lowest BCUT2D eigenvalue weighted by Gasteiger charge is -2.48. The third-order valence-electron chi connectivity index (χ3n) is 7.77. The van der Waals surface area contributed by atoms with Crippen LogP contribution >= 0.6 is 0 Å². The number of nitrogens with one attached hydrogen (secondary N) is 2. The fourth-order valence-electron chi connectivity index (χ4n) is 5.60. The summed E-state index contributed by atoms with van der Waals surface area (Å²) in [5.41, 5.74) is 16.4. The Kier molecular flexibility index (Phi) is 12.0. The molecule has 1 aliphatic carbocycles. The second kappa shape index (κ2) is 14.6. The topological polar surface area (TPSA) is 237 Å². The van der Waals surface area contributed by atoms with Crippen LogP contribution in [0.2, 0.25) is 0 Å². The van der Waals surface area contributed by atoms with E-state index in [9.17, 15) is 25.2 Å². The Hall–Kier alpha value is -1.27. The van der Waals surface area contributed by atoms with Crippen LogP contribution in [-0.4, -0.2) is 127 Å². The molecule has 14 nitrogen and oxygen atoms in total. The van der Waals surface area contributed by atoms with Gasteiger partial charge in [0.15, 0.2) is 6.29 Å². The van der Waals surface area contributed by atoms with Crippen LogP contribution < -0.4 is 27.8 Å². The molecule has 0 radical (unpaired) electrons. The van der Waals surface area contributed by atoms with Crippen molar-refractivity contribution in [2.24, 2.45) is 23.1 Å². The lowest BCUT2D eigenvalue weighted by Crippen LogP contribution is -2.67. The van der Waals surface area contributed by atoms with Gasteiger partial charge in [0.2, 0.25) is 6.29 Å². The van der Waals surface area contributed by atoms with Gasteiger partial charge in [-0.25, -0.2) is 0 Å². The molecule has 0 aromatic carbocycles. The van der Waals surface area contributed by atoms with Gasteiger partial charge in [0.25, 0.3) is 0 Å². The monoisotopic (exact) mass is 561 g/mol. The number of aldehydes is 1. The zero-order valence-corrected chi connectivity index (χ0v) is 22.7. The van der Waals surface area contributed by atoms with Crippen LogP contribution in [0, 0.1) is 5.92 Å². The van der Waals surface area contributed by atoms with Crippen LogP contribution in [0.15, 0.2) is 11.8 Å². The van der Waals surface area contributed by atoms with Crippen molar-refractivity contribution in [1.82, 2.24) is 10.6 Å². The number of aliphatic hydroxyl groups is 4. The van der Waals surface area contributed by atoms with Crippen LogP contribution in [0.5, 0.6) is 0 Å². The van der Waals surface area contributed by atoms with Crippen molar-refractivity contribution in [1.29, 1.82) is 0 Å². The quantitative estimate of drug-likeness (QED) is 0.0987. The Balaban J connectivity index is 1.76. The molecule has 12 atom stereocenters. The summed E-state index contributed by atoms with van der Waals surface area (Å²) in [6.45, 7) is 2.18. The molecule has 0 aromatic heterocycles. The van der Waals surface area contributed by atoms with Gasteiger partial charge in [-0.3, -0.25) is 0 Å². The maximum atomic E-state index is 11.4. The molecule has 2 unspecified atom stereocenters. The summed E-state index contributed by atoms with van der Waals surface area (Å²) in [7, 11) is 1.60. The standard InChI is InChI=1S/C25H47N5O9/c1-25(35)12-36-24(19(34)22(25)29-2)38-20-13(6-8-31)9-16(28)21(18(20)33)39-23-17(4-3-15(10-27)37-23)30-11-14(32)5-7-26/h3,8,13-14,16-24,29-30,32-35H,4-7,9-12,26-28H2,1-2H3/t13-,14?,16+,17-,18-,19-,20+,21?,22-,23-,24-,25+/m1/s1. The molecular weight excluding hydrogens is 514 g/mol. The zero-order chi connectivity index (χ0) is 28.7. The molecule has 12 N–H and O–H groups in total. The van der Waals surface area contributed by atoms with Crippen LogP contribution in [0.25, 0.3) is 0 Å². The summed E-state index contributed by atoms with van der Waals surface area (Å²) >= 11 is 0. The minimum atomic E-state index is -1.35. The Labute approximate surface area is 229 Å². The molecule has 0 bridgehead atoms. The van der Waals surface area contributed by atoms with E-state index in [1.54, 1.807) is 7.05 Å². The average Bonchev–Trinajstić information content (AvgIpc) is 2.89. The van der Waals surface area contributed by atoms with Gasteiger partial charge >= 0.3 is 0 Å². The first-order chi connectivity index (χ1) is 18.6. The molecule has 2 aliphatic heterocycles. The highest BCUT2D eigenvalue weighted by atomic mass is 16.7. The zero-order valence-electron chi connectivity index (χ0n) is 22.7. The molecule has 0 spiro atoms. The van der Waals surface area contributed by atoms with Gasteiger partial charge in [-0.15, -0.1) is 0 Å². The normalized spacial score (nSPS) is 41.9. The number of nitrogens with two attached hydrogens (primary N) is 3. The molecule has 2 heterocycles. The molecule has 1 saturated heterocycles. The molecular formula is C25H47N5O9. The van der Waals surface area contributed by atoms with Gasteiger partial charge in [0.1, 0.15) is 36.0 Å². The van der Waals surface area contributed by atoms with Crippen LogP contribution in [0.4, 0.5) is 0 Å². The van der Waals surface area contributed by atoms with Crippen LogP contribution in [-0.2, 0) is 23.7 Å². The number of carbonyl (C=O) groups is 1. The van der Waals surface area contributed by atoms with Crippen molar-refractivity contribution in [3.63, 3.8) is 0 Å². The second-order valence-electron chi connectivity index (χ2n) is 10.9. The Morgan fingerprint density at radius 2 is 1.95 bits per heavy atom. The van der Waals surface area contributed by atoms with E-state index in [0.717, 1.165) is 6.29 Å². The summed E-state index contributed by atoms with van der Waals surface area (Å²) in [5, 5.41) is 49.1. The molecule has 3 rings (SSSR count). The van der Waals surface area contributed by atoms with Gasteiger partial charge < -0.3 is 72.0 Å². The molecule has 0 amide bonds. The Morgan fingerprint density at radius 3 is 2.59 bits per heavy atom. The molecule has 3 aliphatic rings. The van der Waals surface area contributed by atoms with E-state index in [0.29, 0.717) is 31.6 Å². The number of hydrogen-bond acceptors (Lipinski definition) is 14. The van der Waals surface area contributed by atoms with Crippen molar-refractivity contribution in [2.45, 2.75) is 99.4 Å². The first-order valence-electron chi connectivity index (χ1n) is 13.6. The van der Waals surface area contributed by atoms with Crippen LogP contribution in [0.1, 0.15) is 32.6 Å². The third-order valence-corrected chi connectivity index (χ3v) is 7.77. The summed E-state index contributed by atoms with van der Waals surface area (Å²) < 4.78 is 23.9. The van der Waals surface area contributed by atoms with Crippen molar-refractivity contribution in [3.05, 3.63) is 11.8 Å².